The molecule has 0 atom stereocenters. The normalized spacial score (nSPS) is 13.9. The van der Waals surface area contributed by atoms with Gasteiger partial charge in [-0.05, 0) is 30.4 Å². The van der Waals surface area contributed by atoms with Gasteiger partial charge in [-0.15, -0.1) is 0 Å². The average molecular weight is 355 g/mol. The van der Waals surface area contributed by atoms with Gasteiger partial charge in [0.2, 0.25) is 0 Å². The zero-order valence-electron chi connectivity index (χ0n) is 14.1. The second kappa shape index (κ2) is 6.43. The van der Waals surface area contributed by atoms with Gasteiger partial charge in [-0.2, -0.15) is 9.97 Å². The molecular formula is C17H17N5O4. The first kappa shape index (κ1) is 16.0. The van der Waals surface area contributed by atoms with Crippen LogP contribution in [0.4, 0.5) is 5.82 Å². The van der Waals surface area contributed by atoms with Gasteiger partial charge in [-0.3, -0.25) is 4.57 Å². The van der Waals surface area contributed by atoms with Crippen molar-refractivity contribution in [3.8, 4) is 17.5 Å². The number of H-pyrrole nitrogens is 1. The summed E-state index contributed by atoms with van der Waals surface area (Å²) in [5.41, 5.74) is 7.11. The zero-order valence-corrected chi connectivity index (χ0v) is 14.1. The number of aromatic amines is 1. The van der Waals surface area contributed by atoms with E-state index in [0.717, 1.165) is 5.56 Å². The van der Waals surface area contributed by atoms with Crippen molar-refractivity contribution in [2.75, 3.05) is 26.1 Å². The fourth-order valence-electron chi connectivity index (χ4n) is 2.78. The van der Waals surface area contributed by atoms with E-state index in [9.17, 15) is 4.79 Å². The number of imidazole rings is 1. The lowest BCUT2D eigenvalue weighted by molar-refractivity contribution is 0.329. The number of hydrogen-bond donors (Lipinski definition) is 2. The summed E-state index contributed by atoms with van der Waals surface area (Å²) in [6, 6.07) is 5.56. The van der Waals surface area contributed by atoms with Crippen molar-refractivity contribution in [3.05, 3.63) is 46.4 Å². The lowest BCUT2D eigenvalue weighted by atomic mass is 10.2. The fraction of sp³-hybridized carbons (Fsp3) is 0.235. The number of fused-ring (bicyclic) bond motifs is 3. The first-order chi connectivity index (χ1) is 12.7. The Morgan fingerprint density at radius 1 is 1.23 bits per heavy atom. The van der Waals surface area contributed by atoms with Gasteiger partial charge >= 0.3 is 11.7 Å². The number of aromatic nitrogens is 4. The molecule has 3 N–H and O–H groups in total. The van der Waals surface area contributed by atoms with E-state index in [2.05, 4.69) is 15.0 Å². The van der Waals surface area contributed by atoms with E-state index < -0.39 is 0 Å². The molecule has 0 fully saturated rings. The standard InChI is InChI=1S/C17H17N5O4/c1-24-12-5-4-11-8-10(12)9-22-15-13(19-17(22)23)14(18)20-16(21-15)26-7-3-2-6-25-11/h2-5,8H,6-7,9H2,1H3,(H,19,23)(H2,18,20,21). The Hall–Kier alpha value is -3.49. The molecule has 3 aromatic rings. The van der Waals surface area contributed by atoms with Crippen molar-refractivity contribution in [3.63, 3.8) is 0 Å². The Balaban J connectivity index is 1.92. The number of methoxy groups -OCH3 is 1. The molecule has 0 saturated heterocycles. The van der Waals surface area contributed by atoms with Crippen LogP contribution in [0.25, 0.3) is 11.2 Å². The van der Waals surface area contributed by atoms with Gasteiger partial charge in [0.05, 0.1) is 13.7 Å². The summed E-state index contributed by atoms with van der Waals surface area (Å²) in [4.78, 5) is 23.5. The van der Waals surface area contributed by atoms with Crippen LogP contribution in [0.3, 0.4) is 0 Å². The Bertz CT molecular complexity index is 1050. The molecular weight excluding hydrogens is 338 g/mol. The van der Waals surface area contributed by atoms with Crippen LogP contribution in [0.15, 0.2) is 35.1 Å². The Kier molecular flexibility index (Phi) is 3.96. The molecule has 4 bridgehead atoms. The predicted octanol–water partition coefficient (Wildman–Crippen LogP) is 1.09. The Morgan fingerprint density at radius 2 is 2.04 bits per heavy atom. The largest absolute Gasteiger partial charge is 0.496 e. The molecule has 9 nitrogen and oxygen atoms in total. The molecule has 4 rings (SSSR count). The van der Waals surface area contributed by atoms with Gasteiger partial charge in [0.25, 0.3) is 0 Å². The van der Waals surface area contributed by atoms with E-state index in [4.69, 9.17) is 19.9 Å². The average Bonchev–Trinajstić information content (AvgIpc) is 2.94. The summed E-state index contributed by atoms with van der Waals surface area (Å²) in [6.45, 7) is 0.869. The number of nitrogen functional groups attached to an aromatic ring is 1. The summed E-state index contributed by atoms with van der Waals surface area (Å²) < 4.78 is 18.1. The third-order valence-electron chi connectivity index (χ3n) is 4.03. The molecule has 0 aliphatic carbocycles. The fourth-order valence-corrected chi connectivity index (χ4v) is 2.78. The maximum Gasteiger partial charge on any atom is 0.328 e. The number of ether oxygens (including phenoxy) is 3. The van der Waals surface area contributed by atoms with Gasteiger partial charge < -0.3 is 24.9 Å². The molecule has 1 aromatic carbocycles. The highest BCUT2D eigenvalue weighted by Gasteiger charge is 2.17. The van der Waals surface area contributed by atoms with Gasteiger partial charge in [0.1, 0.15) is 30.2 Å². The number of nitrogens with two attached hydrogens (primary N) is 1. The van der Waals surface area contributed by atoms with Crippen LogP contribution in [-0.4, -0.2) is 39.8 Å². The second-order valence-electron chi connectivity index (χ2n) is 5.67. The van der Waals surface area contributed by atoms with Crippen LogP contribution in [-0.2, 0) is 6.54 Å². The molecule has 1 aliphatic heterocycles. The van der Waals surface area contributed by atoms with E-state index in [1.165, 1.54) is 4.57 Å². The van der Waals surface area contributed by atoms with Crippen molar-refractivity contribution in [2.24, 2.45) is 0 Å². The van der Waals surface area contributed by atoms with Crippen molar-refractivity contribution in [2.45, 2.75) is 6.54 Å². The first-order valence-corrected chi connectivity index (χ1v) is 7.99. The lowest BCUT2D eigenvalue weighted by Crippen LogP contribution is -2.18. The summed E-state index contributed by atoms with van der Waals surface area (Å²) in [6.07, 6.45) is 3.63. The summed E-state index contributed by atoms with van der Waals surface area (Å²) >= 11 is 0. The highest BCUT2D eigenvalue weighted by Crippen LogP contribution is 2.26. The molecule has 0 radical (unpaired) electrons. The summed E-state index contributed by atoms with van der Waals surface area (Å²) in [7, 11) is 1.57. The predicted molar refractivity (Wildman–Crippen MR) is 94.8 cm³/mol. The minimum atomic E-state index is -0.349. The van der Waals surface area contributed by atoms with E-state index in [1.807, 2.05) is 18.2 Å². The van der Waals surface area contributed by atoms with E-state index in [0.29, 0.717) is 29.3 Å². The van der Waals surface area contributed by atoms with Crippen molar-refractivity contribution < 1.29 is 14.2 Å². The molecule has 134 valence electrons. The summed E-state index contributed by atoms with van der Waals surface area (Å²) in [5.74, 6) is 1.46. The highest BCUT2D eigenvalue weighted by molar-refractivity contribution is 5.82. The maximum absolute atomic E-state index is 12.4. The van der Waals surface area contributed by atoms with Crippen LogP contribution in [0.5, 0.6) is 17.5 Å². The smallest absolute Gasteiger partial charge is 0.328 e. The van der Waals surface area contributed by atoms with Crippen molar-refractivity contribution >= 4 is 17.0 Å². The molecule has 0 amide bonds. The van der Waals surface area contributed by atoms with Crippen molar-refractivity contribution in [1.29, 1.82) is 0 Å². The number of rotatable bonds is 1. The topological polar surface area (TPSA) is 117 Å². The van der Waals surface area contributed by atoms with Crippen LogP contribution < -0.4 is 25.6 Å². The highest BCUT2D eigenvalue weighted by atomic mass is 16.5. The zero-order chi connectivity index (χ0) is 18.1. The van der Waals surface area contributed by atoms with E-state index >= 15 is 0 Å². The molecule has 9 heteroatoms. The van der Waals surface area contributed by atoms with Gasteiger partial charge in [-0.1, -0.05) is 0 Å². The van der Waals surface area contributed by atoms with Crippen LogP contribution in [0.1, 0.15) is 5.56 Å². The Morgan fingerprint density at radius 3 is 2.85 bits per heavy atom. The number of hydrogen-bond acceptors (Lipinski definition) is 7. The number of benzene rings is 1. The van der Waals surface area contributed by atoms with Gasteiger partial charge in [0.15, 0.2) is 11.5 Å². The monoisotopic (exact) mass is 355 g/mol. The lowest BCUT2D eigenvalue weighted by Gasteiger charge is -2.12. The second-order valence-corrected chi connectivity index (χ2v) is 5.67. The summed E-state index contributed by atoms with van der Waals surface area (Å²) in [5, 5.41) is 0. The van der Waals surface area contributed by atoms with Crippen LogP contribution in [0.2, 0.25) is 0 Å². The molecule has 0 spiro atoms. The minimum absolute atomic E-state index is 0.103. The quantitative estimate of drug-likeness (QED) is 0.627. The number of anilines is 1. The van der Waals surface area contributed by atoms with Crippen LogP contribution in [0, 0.1) is 0 Å². The van der Waals surface area contributed by atoms with Crippen molar-refractivity contribution in [1.82, 2.24) is 19.5 Å². The minimum Gasteiger partial charge on any atom is -0.496 e. The number of nitrogens with one attached hydrogen (secondary N) is 1. The van der Waals surface area contributed by atoms with Gasteiger partial charge in [-0.25, -0.2) is 4.79 Å². The molecule has 2 aromatic heterocycles. The molecule has 26 heavy (non-hydrogen) atoms. The van der Waals surface area contributed by atoms with Crippen LogP contribution >= 0.6 is 0 Å². The van der Waals surface area contributed by atoms with Gasteiger partial charge in [0, 0.05) is 5.56 Å². The first-order valence-electron chi connectivity index (χ1n) is 7.99. The SMILES string of the molecule is COc1ccc2cc1Cn1c(=O)[nH]c3c(N)nc(nc31)OCC=CCO2. The maximum atomic E-state index is 12.4. The molecule has 0 saturated carbocycles. The molecule has 1 aliphatic rings. The van der Waals surface area contributed by atoms with E-state index in [1.54, 1.807) is 19.3 Å². The van der Waals surface area contributed by atoms with E-state index in [-0.39, 0.29) is 30.7 Å². The third-order valence-corrected chi connectivity index (χ3v) is 4.03. The number of nitrogens with zero attached hydrogens (tertiary/aromatic N) is 3. The Labute approximate surface area is 148 Å². The third kappa shape index (κ3) is 2.83. The molecule has 3 heterocycles. The molecule has 0 unspecified atom stereocenters.